The maximum Gasteiger partial charge on any atom is 0.246 e. The quantitative estimate of drug-likeness (QED) is 0.422. The molecule has 15 heteroatoms. The minimum absolute atomic E-state index is 0.0199. The Labute approximate surface area is 189 Å². The van der Waals surface area contributed by atoms with E-state index in [-0.39, 0.29) is 21.8 Å². The van der Waals surface area contributed by atoms with Crippen molar-refractivity contribution in [2.75, 3.05) is 0 Å². The van der Waals surface area contributed by atoms with Crippen LogP contribution in [0.3, 0.4) is 0 Å². The molecule has 0 bridgehead atoms. The molecule has 1 saturated heterocycles. The molecule has 0 saturated carbocycles. The highest BCUT2D eigenvalue weighted by atomic mass is 35.5. The molecule has 0 atom stereocenters. The second-order valence-corrected chi connectivity index (χ2v) is 11.5. The number of nitrogens with zero attached hydrogens (tertiary/aromatic N) is 6. The highest BCUT2D eigenvalue weighted by Crippen LogP contribution is 2.45. The molecule has 0 radical (unpaired) electrons. The summed E-state index contributed by atoms with van der Waals surface area (Å²) in [5.41, 5.74) is 1.29. The van der Waals surface area contributed by atoms with Gasteiger partial charge < -0.3 is 0 Å². The van der Waals surface area contributed by atoms with E-state index in [1.165, 1.54) is 21.4 Å². The number of fused-ring (bicyclic) bond motifs is 1. The van der Waals surface area contributed by atoms with Gasteiger partial charge in [0.1, 0.15) is 53.6 Å². The van der Waals surface area contributed by atoms with Crippen molar-refractivity contribution in [3.05, 3.63) is 40.8 Å². The number of pyridine rings is 1. The van der Waals surface area contributed by atoms with E-state index in [1.807, 2.05) is 31.4 Å². The van der Waals surface area contributed by atoms with E-state index in [0.717, 1.165) is 0 Å². The van der Waals surface area contributed by atoms with Gasteiger partial charge in [0.05, 0.1) is 5.69 Å². The number of hydrogen-bond donors (Lipinski definition) is 0. The predicted octanol–water partition coefficient (Wildman–Crippen LogP) is -2.03. The summed E-state index contributed by atoms with van der Waals surface area (Å²) in [5, 5.41) is 6.76. The normalized spacial score (nSPS) is 19.7. The Morgan fingerprint density at radius 1 is 1.23 bits per heavy atom. The van der Waals surface area contributed by atoms with Gasteiger partial charge in [0.15, 0.2) is 5.65 Å². The van der Waals surface area contributed by atoms with E-state index in [9.17, 15) is 12.8 Å². The average molecular weight is 460 g/mol. The second kappa shape index (κ2) is 7.11. The Morgan fingerprint density at radius 3 is 2.39 bits per heavy atom. The molecule has 0 aromatic carbocycles. The third kappa shape index (κ3) is 3.52. The van der Waals surface area contributed by atoms with Gasteiger partial charge in [-0.15, -0.1) is 0 Å². The molecule has 3 aromatic heterocycles. The average Bonchev–Trinajstić information content (AvgIpc) is 3.14. The van der Waals surface area contributed by atoms with Gasteiger partial charge in [-0.05, 0) is 36.4 Å². The fourth-order valence-corrected chi connectivity index (χ4v) is 8.14. The molecule has 31 heavy (non-hydrogen) atoms. The van der Waals surface area contributed by atoms with Gasteiger partial charge in [0, 0.05) is 24.9 Å². The molecule has 1 aliphatic heterocycles. The third-order valence-corrected chi connectivity index (χ3v) is 9.04. The van der Waals surface area contributed by atoms with Crippen molar-refractivity contribution in [3.8, 4) is 0 Å². The minimum atomic E-state index is -3.96. The number of halogens is 2. The molecule has 160 valence electrons. The van der Waals surface area contributed by atoms with E-state index in [2.05, 4.69) is 15.2 Å². The lowest BCUT2D eigenvalue weighted by Gasteiger charge is -2.55. The first-order chi connectivity index (χ1) is 14.3. The molecule has 1 aliphatic rings. The lowest BCUT2D eigenvalue weighted by atomic mass is 9.46. The Bertz CT molecular complexity index is 1280. The monoisotopic (exact) mass is 460 g/mol. The molecule has 1 fully saturated rings. The zero-order valence-electron chi connectivity index (χ0n) is 18.4. The van der Waals surface area contributed by atoms with Gasteiger partial charge in [-0.1, -0.05) is 11.6 Å². The fraction of sp³-hybridized carbons (Fsp3) is 0.438. The molecule has 0 amide bonds. The summed E-state index contributed by atoms with van der Waals surface area (Å²) in [6.07, 6.45) is 3.90. The highest BCUT2D eigenvalue weighted by Gasteiger charge is 2.52. The number of rotatable bonds is 3. The van der Waals surface area contributed by atoms with Crippen LogP contribution in [0.25, 0.3) is 5.65 Å². The van der Waals surface area contributed by atoms with Crippen molar-refractivity contribution >= 4 is 58.7 Å². The second-order valence-electron chi connectivity index (χ2n) is 9.47. The van der Waals surface area contributed by atoms with Crippen molar-refractivity contribution in [1.29, 1.82) is 0 Å². The van der Waals surface area contributed by atoms with Crippen LogP contribution in [0, 0.1) is 12.7 Å². The Hall–Kier alpha value is -1.78. The summed E-state index contributed by atoms with van der Waals surface area (Å²) in [7, 11) is 5.11. The molecule has 0 spiro atoms. The van der Waals surface area contributed by atoms with Crippen LogP contribution in [0.5, 0.6) is 0 Å². The van der Waals surface area contributed by atoms with E-state index in [0.29, 0.717) is 29.7 Å². The first-order valence-corrected chi connectivity index (χ1v) is 11.8. The van der Waals surface area contributed by atoms with E-state index in [1.54, 1.807) is 24.7 Å². The lowest BCUT2D eigenvalue weighted by molar-refractivity contribution is 0.206. The van der Waals surface area contributed by atoms with Crippen LogP contribution < -0.4 is 0 Å². The van der Waals surface area contributed by atoms with Crippen LogP contribution in [0.15, 0.2) is 23.5 Å². The van der Waals surface area contributed by atoms with Gasteiger partial charge in [-0.2, -0.15) is 10.2 Å². The van der Waals surface area contributed by atoms with Gasteiger partial charge in [0.25, 0.3) is 0 Å². The van der Waals surface area contributed by atoms with Crippen molar-refractivity contribution in [1.82, 2.24) is 28.7 Å². The van der Waals surface area contributed by atoms with Crippen LogP contribution in [0.2, 0.25) is 5.15 Å². The first-order valence-electron chi connectivity index (χ1n) is 9.99. The standard InChI is InChI=1S/C16H22B4ClFN6O2S/c1-8-13(14(21)26(2)25-8)31(29,30)28-15(17,18)4-9(5-16(28,19)20)10-6-27-12(3-11(10)22)23-7-24-27/h3,6-7,9H,4-5,17-20H2,1-2H3. The minimum Gasteiger partial charge on any atom is -0.255 e. The molecule has 4 rings (SSSR count). The molecule has 8 nitrogen and oxygen atoms in total. The SMILES string of the molecule is BC1(B)CC(c2cn3ncnc3cc2F)CC(B)(B)N1S(=O)(=O)c1c(C)nn(C)c1Cl. The summed E-state index contributed by atoms with van der Waals surface area (Å²) in [6.45, 7) is 1.63. The number of hydrogen-bond acceptors (Lipinski definition) is 5. The van der Waals surface area contributed by atoms with Gasteiger partial charge in [0.2, 0.25) is 10.0 Å². The van der Waals surface area contributed by atoms with Crippen LogP contribution >= 0.6 is 11.6 Å². The highest BCUT2D eigenvalue weighted by molar-refractivity contribution is 7.89. The topological polar surface area (TPSA) is 85.4 Å². The summed E-state index contributed by atoms with van der Waals surface area (Å²) in [4.78, 5) is 4.04. The van der Waals surface area contributed by atoms with Gasteiger partial charge in [-0.25, -0.2) is 26.6 Å². The number of sulfonamides is 1. The number of aromatic nitrogens is 5. The molecule has 0 aliphatic carbocycles. The molecule has 3 aromatic rings. The molecular formula is C16H22B4ClFN6O2S. The molecule has 0 unspecified atom stereocenters. The summed E-state index contributed by atoms with van der Waals surface area (Å²) >= 11 is 6.32. The predicted molar refractivity (Wildman–Crippen MR) is 127 cm³/mol. The molecule has 4 heterocycles. The fourth-order valence-electron chi connectivity index (χ4n) is 5.28. The maximum atomic E-state index is 14.9. The van der Waals surface area contributed by atoms with Crippen molar-refractivity contribution in [2.45, 2.75) is 41.3 Å². The van der Waals surface area contributed by atoms with Crippen LogP contribution in [0.1, 0.15) is 30.0 Å². The van der Waals surface area contributed by atoms with E-state index >= 15 is 0 Å². The Kier molecular flexibility index (Phi) is 5.14. The summed E-state index contributed by atoms with van der Waals surface area (Å²) < 4.78 is 47.0. The van der Waals surface area contributed by atoms with E-state index < -0.39 is 20.7 Å². The van der Waals surface area contributed by atoms with Crippen molar-refractivity contribution in [3.63, 3.8) is 0 Å². The number of aryl methyl sites for hydroxylation is 2. The van der Waals surface area contributed by atoms with Crippen LogP contribution in [0.4, 0.5) is 4.39 Å². The largest absolute Gasteiger partial charge is 0.255 e. The Balaban J connectivity index is 1.79. The van der Waals surface area contributed by atoms with Crippen molar-refractivity contribution < 1.29 is 12.8 Å². The summed E-state index contributed by atoms with van der Waals surface area (Å²) in [6, 6.07) is 1.37. The van der Waals surface area contributed by atoms with Crippen LogP contribution in [-0.2, 0) is 17.1 Å². The molecular weight excluding hydrogens is 438 g/mol. The molecule has 0 N–H and O–H groups in total. The summed E-state index contributed by atoms with van der Waals surface area (Å²) in [5.74, 6) is -0.560. The first kappa shape index (κ1) is 22.4. The smallest absolute Gasteiger partial charge is 0.246 e. The van der Waals surface area contributed by atoms with Crippen LogP contribution in [-0.4, -0.2) is 79.2 Å². The van der Waals surface area contributed by atoms with Gasteiger partial charge >= 0.3 is 0 Å². The van der Waals surface area contributed by atoms with E-state index in [4.69, 9.17) is 11.6 Å². The zero-order chi connectivity index (χ0) is 22.9. The zero-order valence-corrected chi connectivity index (χ0v) is 20.0. The number of piperidine rings is 1. The Morgan fingerprint density at radius 2 is 1.84 bits per heavy atom. The van der Waals surface area contributed by atoms with Crippen molar-refractivity contribution in [2.24, 2.45) is 7.05 Å². The maximum absolute atomic E-state index is 14.9. The third-order valence-electron chi connectivity index (χ3n) is 6.02. The van der Waals surface area contributed by atoms with Gasteiger partial charge in [-0.3, -0.25) is 4.68 Å². The lowest BCUT2D eigenvalue weighted by Crippen LogP contribution is -2.68.